The lowest BCUT2D eigenvalue weighted by Crippen LogP contribution is -2.05. The summed E-state index contributed by atoms with van der Waals surface area (Å²) in [7, 11) is 0. The summed E-state index contributed by atoms with van der Waals surface area (Å²) in [5.74, 6) is 0. The minimum Gasteiger partial charge on any atom is -0.255 e. The standard InChI is InChI=1S/C7H5F3N2S/c8-7(9,10)5-1-2-11-6(3-5)4-12-13/h1-4,13H. The van der Waals surface area contributed by atoms with Crippen molar-refractivity contribution in [3.8, 4) is 0 Å². The molecule has 0 saturated carbocycles. The van der Waals surface area contributed by atoms with E-state index in [0.717, 1.165) is 24.5 Å². The predicted octanol–water partition coefficient (Wildman–Crippen LogP) is 2.36. The van der Waals surface area contributed by atoms with Gasteiger partial charge in [0.15, 0.2) is 0 Å². The maximum atomic E-state index is 12.1. The van der Waals surface area contributed by atoms with E-state index in [9.17, 15) is 13.2 Å². The molecule has 0 aliphatic heterocycles. The van der Waals surface area contributed by atoms with Crippen LogP contribution in [0.1, 0.15) is 11.3 Å². The molecule has 1 heterocycles. The molecule has 1 rings (SSSR count). The van der Waals surface area contributed by atoms with Crippen molar-refractivity contribution >= 4 is 19.0 Å². The van der Waals surface area contributed by atoms with Crippen LogP contribution in [-0.4, -0.2) is 11.2 Å². The summed E-state index contributed by atoms with van der Waals surface area (Å²) in [5.41, 5.74) is -0.615. The molecule has 0 fully saturated rings. The number of pyridine rings is 1. The molecule has 0 unspecified atom stereocenters. The maximum absolute atomic E-state index is 12.1. The second-order valence-electron chi connectivity index (χ2n) is 2.21. The van der Waals surface area contributed by atoms with Gasteiger partial charge in [-0.15, -0.1) is 0 Å². The molecule has 70 valence electrons. The summed E-state index contributed by atoms with van der Waals surface area (Å²) in [6.45, 7) is 0. The highest BCUT2D eigenvalue weighted by molar-refractivity contribution is 7.78. The summed E-state index contributed by atoms with van der Waals surface area (Å²) in [6, 6.07) is 1.80. The van der Waals surface area contributed by atoms with Gasteiger partial charge in [0, 0.05) is 6.20 Å². The smallest absolute Gasteiger partial charge is 0.255 e. The topological polar surface area (TPSA) is 25.2 Å². The van der Waals surface area contributed by atoms with E-state index in [1.807, 2.05) is 0 Å². The Hall–Kier alpha value is -1.04. The second-order valence-corrected chi connectivity index (χ2v) is 2.44. The number of nitrogens with zero attached hydrogens (tertiary/aromatic N) is 2. The highest BCUT2D eigenvalue weighted by Crippen LogP contribution is 2.28. The van der Waals surface area contributed by atoms with Gasteiger partial charge < -0.3 is 0 Å². The molecule has 0 saturated heterocycles. The van der Waals surface area contributed by atoms with Gasteiger partial charge in [-0.1, -0.05) is 0 Å². The van der Waals surface area contributed by atoms with E-state index in [1.165, 1.54) is 0 Å². The van der Waals surface area contributed by atoms with E-state index in [1.54, 1.807) is 0 Å². The monoisotopic (exact) mass is 206 g/mol. The number of hydrogen-bond acceptors (Lipinski definition) is 3. The Morgan fingerprint density at radius 3 is 2.69 bits per heavy atom. The van der Waals surface area contributed by atoms with Crippen LogP contribution in [0.15, 0.2) is 22.7 Å². The Morgan fingerprint density at radius 1 is 1.46 bits per heavy atom. The number of halogens is 3. The van der Waals surface area contributed by atoms with E-state index < -0.39 is 11.7 Å². The van der Waals surface area contributed by atoms with E-state index in [4.69, 9.17) is 0 Å². The second kappa shape index (κ2) is 3.78. The lowest BCUT2D eigenvalue weighted by atomic mass is 10.2. The highest BCUT2D eigenvalue weighted by atomic mass is 32.1. The predicted molar refractivity (Wildman–Crippen MR) is 45.8 cm³/mol. The van der Waals surface area contributed by atoms with Crippen LogP contribution in [-0.2, 0) is 6.18 Å². The quantitative estimate of drug-likeness (QED) is 0.553. The van der Waals surface area contributed by atoms with Crippen molar-refractivity contribution in [2.45, 2.75) is 6.18 Å². The first-order valence-electron chi connectivity index (χ1n) is 3.24. The van der Waals surface area contributed by atoms with Crippen LogP contribution in [0.2, 0.25) is 0 Å². The van der Waals surface area contributed by atoms with Crippen molar-refractivity contribution in [1.82, 2.24) is 4.98 Å². The molecule has 0 atom stereocenters. The van der Waals surface area contributed by atoms with E-state index in [-0.39, 0.29) is 5.69 Å². The van der Waals surface area contributed by atoms with Crippen molar-refractivity contribution in [2.24, 2.45) is 4.40 Å². The first-order valence-corrected chi connectivity index (χ1v) is 3.64. The third kappa shape index (κ3) is 2.73. The van der Waals surface area contributed by atoms with Gasteiger partial charge in [-0.3, -0.25) is 4.98 Å². The van der Waals surface area contributed by atoms with E-state index >= 15 is 0 Å². The van der Waals surface area contributed by atoms with E-state index in [0.29, 0.717) is 0 Å². The van der Waals surface area contributed by atoms with Crippen molar-refractivity contribution in [2.75, 3.05) is 0 Å². The minimum atomic E-state index is -4.35. The summed E-state index contributed by atoms with van der Waals surface area (Å²) in [4.78, 5) is 3.64. The van der Waals surface area contributed by atoms with E-state index in [2.05, 4.69) is 22.2 Å². The van der Waals surface area contributed by atoms with Crippen LogP contribution < -0.4 is 0 Å². The van der Waals surface area contributed by atoms with Crippen molar-refractivity contribution < 1.29 is 13.2 Å². The molecule has 1 aromatic rings. The molecule has 0 radical (unpaired) electrons. The summed E-state index contributed by atoms with van der Waals surface area (Å²) in [5, 5.41) is 0. The zero-order chi connectivity index (χ0) is 9.90. The molecular weight excluding hydrogens is 201 g/mol. The number of alkyl halides is 3. The zero-order valence-electron chi connectivity index (χ0n) is 6.28. The fourth-order valence-electron chi connectivity index (χ4n) is 0.754. The Labute approximate surface area is 78.1 Å². The van der Waals surface area contributed by atoms with Crippen LogP contribution in [0.4, 0.5) is 13.2 Å². The molecule has 1 aromatic heterocycles. The Kier molecular flexibility index (Phi) is 2.92. The molecule has 0 aliphatic rings. The Balaban J connectivity index is 3.05. The minimum absolute atomic E-state index is 0.129. The van der Waals surface area contributed by atoms with Crippen molar-refractivity contribution in [1.29, 1.82) is 0 Å². The first-order chi connectivity index (χ1) is 6.04. The van der Waals surface area contributed by atoms with Crippen molar-refractivity contribution in [3.05, 3.63) is 29.6 Å². The third-order valence-electron chi connectivity index (χ3n) is 1.30. The van der Waals surface area contributed by atoms with Gasteiger partial charge in [-0.05, 0) is 24.9 Å². The number of hydrogen-bond donors (Lipinski definition) is 1. The Bertz CT molecular complexity index is 322. The summed E-state index contributed by atoms with van der Waals surface area (Å²) < 4.78 is 39.6. The van der Waals surface area contributed by atoms with Crippen LogP contribution in [0, 0.1) is 0 Å². The van der Waals surface area contributed by atoms with Crippen molar-refractivity contribution in [3.63, 3.8) is 0 Å². The highest BCUT2D eigenvalue weighted by Gasteiger charge is 2.30. The van der Waals surface area contributed by atoms with Crippen LogP contribution in [0.5, 0.6) is 0 Å². The summed E-state index contributed by atoms with van der Waals surface area (Å²) in [6.07, 6.45) is -2.13. The van der Waals surface area contributed by atoms with Gasteiger partial charge in [-0.25, -0.2) is 4.40 Å². The largest absolute Gasteiger partial charge is 0.416 e. The molecule has 2 nitrogen and oxygen atoms in total. The van der Waals surface area contributed by atoms with Gasteiger partial charge in [0.25, 0.3) is 0 Å². The number of aromatic nitrogens is 1. The maximum Gasteiger partial charge on any atom is 0.416 e. The molecule has 0 spiro atoms. The average Bonchev–Trinajstić information content (AvgIpc) is 2.04. The molecule has 0 aromatic carbocycles. The number of rotatable bonds is 1. The third-order valence-corrected chi connectivity index (χ3v) is 1.41. The van der Waals surface area contributed by atoms with Crippen LogP contribution >= 0.6 is 12.8 Å². The van der Waals surface area contributed by atoms with Gasteiger partial charge in [0.2, 0.25) is 0 Å². The van der Waals surface area contributed by atoms with Gasteiger partial charge in [0.1, 0.15) is 0 Å². The lowest BCUT2D eigenvalue weighted by molar-refractivity contribution is -0.137. The molecule has 0 amide bonds. The first kappa shape index (κ1) is 10.0. The molecule has 0 N–H and O–H groups in total. The Morgan fingerprint density at radius 2 is 2.15 bits per heavy atom. The molecule has 6 heteroatoms. The normalized spacial score (nSPS) is 12.3. The molecule has 0 aliphatic carbocycles. The zero-order valence-corrected chi connectivity index (χ0v) is 7.18. The SMILES string of the molecule is FC(F)(F)c1ccnc(C=NS)c1. The fourth-order valence-corrected chi connectivity index (χ4v) is 0.873. The molecule has 0 bridgehead atoms. The van der Waals surface area contributed by atoms with Gasteiger partial charge in [0.05, 0.1) is 17.5 Å². The molecular formula is C7H5F3N2S. The molecule has 13 heavy (non-hydrogen) atoms. The summed E-state index contributed by atoms with van der Waals surface area (Å²) >= 11 is 3.49. The van der Waals surface area contributed by atoms with Crippen LogP contribution in [0.3, 0.4) is 0 Å². The van der Waals surface area contributed by atoms with Gasteiger partial charge in [-0.2, -0.15) is 13.2 Å². The fraction of sp³-hybridized carbons (Fsp3) is 0.143. The van der Waals surface area contributed by atoms with Gasteiger partial charge >= 0.3 is 6.18 Å². The average molecular weight is 206 g/mol. The van der Waals surface area contributed by atoms with Crippen LogP contribution in [0.25, 0.3) is 0 Å². The lowest BCUT2D eigenvalue weighted by Gasteiger charge is -2.05. The number of thiol groups is 1.